The van der Waals surface area contributed by atoms with E-state index in [1.165, 1.54) is 28.2 Å². The monoisotopic (exact) mass is 303 g/mol. The van der Waals surface area contributed by atoms with Crippen molar-refractivity contribution in [1.29, 1.82) is 0 Å². The van der Waals surface area contributed by atoms with Crippen molar-refractivity contribution < 1.29 is 18.7 Å². The predicted octanol–water partition coefficient (Wildman–Crippen LogP) is 2.72. The summed E-state index contributed by atoms with van der Waals surface area (Å²) < 4.78 is 25.0. The van der Waals surface area contributed by atoms with E-state index in [0.29, 0.717) is 4.88 Å². The van der Waals surface area contributed by atoms with Gasteiger partial charge < -0.3 is 10.0 Å². The molecule has 1 aliphatic carbocycles. The molecule has 0 saturated heterocycles. The summed E-state index contributed by atoms with van der Waals surface area (Å²) in [6.45, 7) is -0.975. The molecule has 1 amide bonds. The first-order valence-electron chi connectivity index (χ1n) is 6.91. The molecule has 112 valence electrons. The molecule has 0 unspecified atom stereocenters. The van der Waals surface area contributed by atoms with Crippen molar-refractivity contribution in [2.24, 2.45) is 0 Å². The van der Waals surface area contributed by atoms with E-state index in [-0.39, 0.29) is 13.2 Å². The van der Waals surface area contributed by atoms with E-state index in [9.17, 15) is 13.6 Å². The minimum Gasteiger partial charge on any atom is -0.395 e. The highest BCUT2D eigenvalue weighted by molar-refractivity contribution is 7.14. The normalized spacial score (nSPS) is 15.0. The molecule has 1 aromatic heterocycles. The maximum atomic E-state index is 12.5. The van der Waals surface area contributed by atoms with Gasteiger partial charge >= 0.3 is 0 Å². The number of carbonyl (C=O) groups is 1. The lowest BCUT2D eigenvalue weighted by Gasteiger charge is -2.20. The highest BCUT2D eigenvalue weighted by Crippen LogP contribution is 2.29. The molecule has 0 saturated carbocycles. The molecule has 0 fully saturated rings. The van der Waals surface area contributed by atoms with Crippen LogP contribution in [0.15, 0.2) is 6.07 Å². The molecule has 1 N–H and O–H groups in total. The van der Waals surface area contributed by atoms with E-state index < -0.39 is 18.9 Å². The molecule has 1 aliphatic rings. The van der Waals surface area contributed by atoms with Crippen molar-refractivity contribution in [3.05, 3.63) is 21.4 Å². The van der Waals surface area contributed by atoms with Gasteiger partial charge in [-0.25, -0.2) is 8.78 Å². The Bertz CT molecular complexity index is 439. The third kappa shape index (κ3) is 3.76. The summed E-state index contributed by atoms with van der Waals surface area (Å²) in [6.07, 6.45) is 2.80. The average molecular weight is 303 g/mol. The van der Waals surface area contributed by atoms with E-state index in [1.807, 2.05) is 6.07 Å². The van der Waals surface area contributed by atoms with Crippen LogP contribution in [0.2, 0.25) is 0 Å². The molecule has 6 heteroatoms. The van der Waals surface area contributed by atoms with Gasteiger partial charge in [-0.3, -0.25) is 4.79 Å². The van der Waals surface area contributed by atoms with Gasteiger partial charge in [0.25, 0.3) is 12.3 Å². The Balaban J connectivity index is 2.14. The number of halogens is 2. The van der Waals surface area contributed by atoms with Crippen LogP contribution >= 0.6 is 11.3 Å². The van der Waals surface area contributed by atoms with Crippen LogP contribution in [0, 0.1) is 0 Å². The first-order valence-corrected chi connectivity index (χ1v) is 7.73. The third-order valence-electron chi connectivity index (χ3n) is 3.47. The van der Waals surface area contributed by atoms with Crippen molar-refractivity contribution in [1.82, 2.24) is 4.90 Å². The third-order valence-corrected chi connectivity index (χ3v) is 4.70. The van der Waals surface area contributed by atoms with Gasteiger partial charge in [-0.05, 0) is 37.3 Å². The van der Waals surface area contributed by atoms with E-state index in [4.69, 9.17) is 5.11 Å². The minimum atomic E-state index is -2.58. The maximum absolute atomic E-state index is 12.5. The number of fused-ring (bicyclic) bond motifs is 1. The Morgan fingerprint density at radius 3 is 2.80 bits per heavy atom. The first kappa shape index (κ1) is 15.4. The number of aliphatic hydroxyl groups excluding tert-OH is 1. The molecule has 0 bridgehead atoms. The lowest BCUT2D eigenvalue weighted by Crippen LogP contribution is -2.36. The summed E-state index contributed by atoms with van der Waals surface area (Å²) in [5, 5.41) is 8.91. The number of thiophene rings is 1. The molecule has 0 aliphatic heterocycles. The Labute approximate surface area is 121 Å². The van der Waals surface area contributed by atoms with Gasteiger partial charge in [0.05, 0.1) is 18.0 Å². The van der Waals surface area contributed by atoms with E-state index >= 15 is 0 Å². The fraction of sp³-hybridized carbons (Fsp3) is 0.643. The average Bonchev–Trinajstić information content (AvgIpc) is 2.68. The van der Waals surface area contributed by atoms with Crippen LogP contribution in [0.3, 0.4) is 0 Å². The number of rotatable bonds is 5. The minimum absolute atomic E-state index is 0.0499. The largest absolute Gasteiger partial charge is 0.395 e. The first-order chi connectivity index (χ1) is 9.61. The van der Waals surface area contributed by atoms with Gasteiger partial charge in [-0.15, -0.1) is 11.3 Å². The van der Waals surface area contributed by atoms with Gasteiger partial charge in [-0.2, -0.15) is 0 Å². The molecule has 0 atom stereocenters. The Hall–Kier alpha value is -1.01. The van der Waals surface area contributed by atoms with Gasteiger partial charge in [0.1, 0.15) is 0 Å². The number of alkyl halides is 2. The molecule has 1 heterocycles. The number of hydrogen-bond donors (Lipinski definition) is 1. The van der Waals surface area contributed by atoms with Gasteiger partial charge in [-0.1, -0.05) is 6.42 Å². The summed E-state index contributed by atoms with van der Waals surface area (Å²) in [5.74, 6) is -0.391. The predicted molar refractivity (Wildman–Crippen MR) is 74.6 cm³/mol. The van der Waals surface area contributed by atoms with E-state index in [2.05, 4.69) is 0 Å². The van der Waals surface area contributed by atoms with Crippen LogP contribution in [-0.4, -0.2) is 42.0 Å². The lowest BCUT2D eigenvalue weighted by atomic mass is 10.1. The van der Waals surface area contributed by atoms with Crippen LogP contribution in [0.1, 0.15) is 39.4 Å². The van der Waals surface area contributed by atoms with Crippen molar-refractivity contribution in [3.63, 3.8) is 0 Å². The van der Waals surface area contributed by atoms with Gasteiger partial charge in [0.2, 0.25) is 0 Å². The van der Waals surface area contributed by atoms with Crippen molar-refractivity contribution in [2.45, 2.75) is 38.5 Å². The Kier molecular flexibility index (Phi) is 5.48. The molecular formula is C14H19F2NO2S. The van der Waals surface area contributed by atoms with Crippen LogP contribution < -0.4 is 0 Å². The fourth-order valence-corrected chi connectivity index (χ4v) is 3.71. The van der Waals surface area contributed by atoms with Crippen LogP contribution in [0.25, 0.3) is 0 Å². The van der Waals surface area contributed by atoms with E-state index in [0.717, 1.165) is 30.6 Å². The molecular weight excluding hydrogens is 284 g/mol. The zero-order valence-corrected chi connectivity index (χ0v) is 12.1. The van der Waals surface area contributed by atoms with Crippen LogP contribution in [-0.2, 0) is 12.8 Å². The lowest BCUT2D eigenvalue weighted by molar-refractivity contribution is 0.0513. The number of aliphatic hydroxyl groups is 1. The SMILES string of the molecule is O=C(c1cc2c(s1)CCCCC2)N(CCO)CC(F)F. The maximum Gasteiger partial charge on any atom is 0.264 e. The Morgan fingerprint density at radius 2 is 2.10 bits per heavy atom. The quantitative estimate of drug-likeness (QED) is 0.850. The second-order valence-electron chi connectivity index (χ2n) is 4.99. The molecule has 0 spiro atoms. The number of carbonyl (C=O) groups excluding carboxylic acids is 1. The molecule has 0 aromatic carbocycles. The standard InChI is InChI=1S/C14H19F2NO2S/c15-13(16)9-17(6-7-18)14(19)12-8-10-4-2-1-3-5-11(10)20-12/h8,13,18H,1-7,9H2. The highest BCUT2D eigenvalue weighted by atomic mass is 32.1. The Morgan fingerprint density at radius 1 is 1.35 bits per heavy atom. The summed E-state index contributed by atoms with van der Waals surface area (Å²) in [4.78, 5) is 15.0. The summed E-state index contributed by atoms with van der Waals surface area (Å²) >= 11 is 1.42. The van der Waals surface area contributed by atoms with Gasteiger partial charge in [0.15, 0.2) is 0 Å². The van der Waals surface area contributed by atoms with Crippen molar-refractivity contribution in [2.75, 3.05) is 19.7 Å². The van der Waals surface area contributed by atoms with E-state index in [1.54, 1.807) is 0 Å². The number of hydrogen-bond acceptors (Lipinski definition) is 3. The number of amides is 1. The second-order valence-corrected chi connectivity index (χ2v) is 6.12. The second kappa shape index (κ2) is 7.13. The molecule has 20 heavy (non-hydrogen) atoms. The molecule has 1 aromatic rings. The zero-order chi connectivity index (χ0) is 14.5. The van der Waals surface area contributed by atoms with Crippen LogP contribution in [0.4, 0.5) is 8.78 Å². The molecule has 3 nitrogen and oxygen atoms in total. The highest BCUT2D eigenvalue weighted by Gasteiger charge is 2.23. The zero-order valence-electron chi connectivity index (χ0n) is 11.3. The number of nitrogens with zero attached hydrogens (tertiary/aromatic N) is 1. The van der Waals surface area contributed by atoms with Gasteiger partial charge in [0, 0.05) is 11.4 Å². The fourth-order valence-electron chi connectivity index (χ4n) is 2.49. The van der Waals surface area contributed by atoms with Crippen molar-refractivity contribution >= 4 is 17.2 Å². The summed E-state index contributed by atoms with van der Waals surface area (Å²) in [6, 6.07) is 1.85. The smallest absolute Gasteiger partial charge is 0.264 e. The van der Waals surface area contributed by atoms with Crippen LogP contribution in [0.5, 0.6) is 0 Å². The summed E-state index contributed by atoms with van der Waals surface area (Å²) in [7, 11) is 0. The molecule has 0 radical (unpaired) electrons. The topological polar surface area (TPSA) is 40.5 Å². The summed E-state index contributed by atoms with van der Waals surface area (Å²) in [5.41, 5.74) is 1.19. The number of aryl methyl sites for hydroxylation is 2. The van der Waals surface area contributed by atoms with Crippen molar-refractivity contribution in [3.8, 4) is 0 Å². The molecule has 2 rings (SSSR count).